The van der Waals surface area contributed by atoms with E-state index in [1.807, 2.05) is 26.0 Å². The van der Waals surface area contributed by atoms with E-state index in [0.29, 0.717) is 50.7 Å². The molecule has 0 radical (unpaired) electrons. The van der Waals surface area contributed by atoms with Crippen LogP contribution in [0.2, 0.25) is 10.0 Å². The van der Waals surface area contributed by atoms with Crippen molar-refractivity contribution in [2.45, 2.75) is 30.0 Å². The van der Waals surface area contributed by atoms with E-state index in [9.17, 15) is 9.59 Å². The summed E-state index contributed by atoms with van der Waals surface area (Å²) in [5.41, 5.74) is 10.2. The van der Waals surface area contributed by atoms with Crippen LogP contribution in [-0.4, -0.2) is 57.5 Å². The van der Waals surface area contributed by atoms with Crippen molar-refractivity contribution in [1.29, 1.82) is 0 Å². The molecule has 210 valence electrons. The number of nitrogens with zero attached hydrogens (tertiary/aromatic N) is 4. The minimum absolute atomic E-state index is 0.183. The molecule has 12 heteroatoms. The number of carbonyl (C=O) groups excluding carboxylic acids is 2. The molecule has 0 spiro atoms. The van der Waals surface area contributed by atoms with Crippen molar-refractivity contribution in [3.05, 3.63) is 75.7 Å². The van der Waals surface area contributed by atoms with Crippen LogP contribution in [0.15, 0.2) is 53.7 Å². The molecule has 0 aliphatic carbocycles. The summed E-state index contributed by atoms with van der Waals surface area (Å²) in [6.45, 7) is 4.55. The third kappa shape index (κ3) is 4.84. The number of thioether (sulfide) groups is 1. The van der Waals surface area contributed by atoms with Gasteiger partial charge in [-0.1, -0.05) is 23.2 Å². The van der Waals surface area contributed by atoms with E-state index in [0.717, 1.165) is 21.7 Å². The lowest BCUT2D eigenvalue weighted by molar-refractivity contribution is 0.0595. The molecular weight excluding hydrogens is 585 g/mol. The zero-order valence-electron chi connectivity index (χ0n) is 22.4. The third-order valence-electron chi connectivity index (χ3n) is 7.17. The Bertz CT molecular complexity index is 1720. The van der Waals surface area contributed by atoms with Gasteiger partial charge in [0.15, 0.2) is 5.69 Å². The number of carbonyl (C=O) groups is 2. The van der Waals surface area contributed by atoms with Gasteiger partial charge < -0.3 is 20.1 Å². The predicted octanol–water partition coefficient (Wildman–Crippen LogP) is 5.83. The molecule has 0 unspecified atom stereocenters. The molecule has 2 amide bonds. The van der Waals surface area contributed by atoms with Crippen molar-refractivity contribution in [3.63, 3.8) is 0 Å². The van der Waals surface area contributed by atoms with Gasteiger partial charge in [0.25, 0.3) is 5.91 Å². The molecule has 0 atom stereocenters. The second kappa shape index (κ2) is 10.4. The lowest BCUT2D eigenvalue weighted by Gasteiger charge is -2.28. The van der Waals surface area contributed by atoms with Gasteiger partial charge >= 0.3 is 0 Å². The smallest absolute Gasteiger partial charge is 0.277 e. The van der Waals surface area contributed by atoms with Gasteiger partial charge in [0.05, 0.1) is 41.1 Å². The van der Waals surface area contributed by atoms with Crippen molar-refractivity contribution in [3.8, 4) is 33.8 Å². The number of rotatable bonds is 5. The highest BCUT2D eigenvalue weighted by Gasteiger charge is 2.40. The lowest BCUT2D eigenvalue weighted by Crippen LogP contribution is -2.44. The molecule has 0 bridgehead atoms. The van der Waals surface area contributed by atoms with E-state index in [-0.39, 0.29) is 18.2 Å². The van der Waals surface area contributed by atoms with Crippen molar-refractivity contribution in [2.24, 2.45) is 5.73 Å². The highest BCUT2D eigenvalue weighted by Crippen LogP contribution is 2.48. The second-order valence-electron chi connectivity index (χ2n) is 10.4. The van der Waals surface area contributed by atoms with Crippen molar-refractivity contribution >= 4 is 46.8 Å². The topological polar surface area (TPSA) is 113 Å². The number of aromatic nitrogens is 3. The van der Waals surface area contributed by atoms with E-state index in [1.165, 1.54) is 18.0 Å². The number of fused-ring (bicyclic) bond motifs is 3. The van der Waals surface area contributed by atoms with Crippen LogP contribution in [0.4, 0.5) is 0 Å². The van der Waals surface area contributed by atoms with E-state index >= 15 is 0 Å². The Balaban J connectivity index is 1.60. The number of methoxy groups -OCH3 is 1. The first kappa shape index (κ1) is 27.6. The summed E-state index contributed by atoms with van der Waals surface area (Å²) in [6.07, 6.45) is 3.07. The van der Waals surface area contributed by atoms with Crippen molar-refractivity contribution < 1.29 is 19.1 Å². The lowest BCUT2D eigenvalue weighted by atomic mass is 9.96. The van der Waals surface area contributed by atoms with Crippen LogP contribution in [0.1, 0.15) is 40.3 Å². The Morgan fingerprint density at radius 2 is 1.83 bits per heavy atom. The maximum absolute atomic E-state index is 13.9. The third-order valence-corrected chi connectivity index (χ3v) is 8.74. The van der Waals surface area contributed by atoms with Crippen LogP contribution in [-0.2, 0) is 10.5 Å². The highest BCUT2D eigenvalue weighted by atomic mass is 35.5. The molecule has 0 saturated carbocycles. The summed E-state index contributed by atoms with van der Waals surface area (Å²) in [5, 5.41) is 5.74. The molecule has 1 fully saturated rings. The van der Waals surface area contributed by atoms with Gasteiger partial charge in [-0.2, -0.15) is 5.10 Å². The molecule has 41 heavy (non-hydrogen) atoms. The number of primary amides is 1. The molecule has 9 nitrogen and oxygen atoms in total. The van der Waals surface area contributed by atoms with Gasteiger partial charge in [0, 0.05) is 44.9 Å². The quantitative estimate of drug-likeness (QED) is 0.303. The monoisotopic (exact) mass is 609 g/mol. The summed E-state index contributed by atoms with van der Waals surface area (Å²) in [6, 6.07) is 10.7. The van der Waals surface area contributed by atoms with E-state index in [4.69, 9.17) is 43.5 Å². The Hall–Kier alpha value is -3.57. The molecular formula is C29H25Cl2N5O4S. The number of pyridine rings is 1. The number of ether oxygens (including phenoxy) is 2. The molecule has 4 heterocycles. The van der Waals surface area contributed by atoms with Gasteiger partial charge in [0.2, 0.25) is 5.91 Å². The standard InChI is InChI=1S/C29H25Cl2N5O4S/c1-29(2)13-40-14-35(29)28(38)24-26-25(36(34-24)20-7-18(30)6-19(31)8-20)22-9-21(23(39-3)5-17(22)12-41-26)15-4-16(27(32)37)11-33-10-15/h4-11H,12-14H2,1-3H3,(H2,32,37). The van der Waals surface area contributed by atoms with E-state index < -0.39 is 11.4 Å². The first-order valence-electron chi connectivity index (χ1n) is 12.7. The molecule has 2 aliphatic rings. The number of hydrogen-bond acceptors (Lipinski definition) is 7. The van der Waals surface area contributed by atoms with Gasteiger partial charge in [-0.05, 0) is 55.8 Å². The summed E-state index contributed by atoms with van der Waals surface area (Å²) in [5.74, 6) is 0.391. The SMILES string of the molecule is COc1cc2c(cc1-c1cncc(C(N)=O)c1)-c1c(c(C(=O)N3COCC3(C)C)nn1-c1cc(Cl)cc(Cl)c1)SC2. The molecule has 2 aliphatic heterocycles. The number of hydrogen-bond donors (Lipinski definition) is 1. The average molecular weight is 611 g/mol. The van der Waals surface area contributed by atoms with Gasteiger partial charge in [-0.25, -0.2) is 4.68 Å². The Kier molecular flexibility index (Phi) is 6.97. The average Bonchev–Trinajstić information content (AvgIpc) is 3.51. The van der Waals surface area contributed by atoms with E-state index in [2.05, 4.69) is 4.98 Å². The zero-order valence-corrected chi connectivity index (χ0v) is 24.7. The maximum Gasteiger partial charge on any atom is 0.277 e. The van der Waals surface area contributed by atoms with Crippen LogP contribution in [0.3, 0.4) is 0 Å². The number of amides is 2. The number of benzene rings is 2. The van der Waals surface area contributed by atoms with Crippen LogP contribution in [0.25, 0.3) is 28.1 Å². The largest absolute Gasteiger partial charge is 0.496 e. The number of nitrogens with two attached hydrogens (primary N) is 1. The van der Waals surface area contributed by atoms with Gasteiger partial charge in [-0.3, -0.25) is 14.6 Å². The van der Waals surface area contributed by atoms with Crippen LogP contribution in [0, 0.1) is 0 Å². The zero-order chi connectivity index (χ0) is 29.1. The maximum atomic E-state index is 13.9. The predicted molar refractivity (Wildman–Crippen MR) is 158 cm³/mol. The minimum atomic E-state index is -0.581. The molecule has 4 aromatic rings. The summed E-state index contributed by atoms with van der Waals surface area (Å²) in [4.78, 5) is 32.5. The molecule has 1 saturated heterocycles. The van der Waals surface area contributed by atoms with E-state index in [1.54, 1.807) is 47.2 Å². The fraction of sp³-hybridized carbons (Fsp3) is 0.241. The summed E-state index contributed by atoms with van der Waals surface area (Å²) < 4.78 is 13.1. The molecule has 2 N–H and O–H groups in total. The molecule has 6 rings (SSSR count). The Morgan fingerprint density at radius 1 is 1.07 bits per heavy atom. The second-order valence-corrected chi connectivity index (χ2v) is 12.3. The highest BCUT2D eigenvalue weighted by molar-refractivity contribution is 7.98. The normalized spacial score (nSPS) is 15.4. The van der Waals surface area contributed by atoms with Crippen LogP contribution < -0.4 is 10.5 Å². The summed E-state index contributed by atoms with van der Waals surface area (Å²) in [7, 11) is 1.59. The van der Waals surface area contributed by atoms with Gasteiger partial charge in [0.1, 0.15) is 12.5 Å². The molecule has 2 aromatic heterocycles. The Labute approximate surface area is 250 Å². The first-order valence-corrected chi connectivity index (χ1v) is 14.4. The van der Waals surface area contributed by atoms with Crippen LogP contribution in [0.5, 0.6) is 5.75 Å². The molecule has 2 aromatic carbocycles. The Morgan fingerprint density at radius 3 is 2.49 bits per heavy atom. The van der Waals surface area contributed by atoms with Crippen LogP contribution >= 0.6 is 35.0 Å². The fourth-order valence-electron chi connectivity index (χ4n) is 5.09. The summed E-state index contributed by atoms with van der Waals surface area (Å²) >= 11 is 14.3. The van der Waals surface area contributed by atoms with Crippen molar-refractivity contribution in [2.75, 3.05) is 20.4 Å². The minimum Gasteiger partial charge on any atom is -0.496 e. The number of halogens is 2. The van der Waals surface area contributed by atoms with Crippen molar-refractivity contribution in [1.82, 2.24) is 19.7 Å². The first-order chi connectivity index (χ1) is 19.6. The van der Waals surface area contributed by atoms with Gasteiger partial charge in [-0.15, -0.1) is 11.8 Å². The fourth-order valence-corrected chi connectivity index (χ4v) is 6.75.